The van der Waals surface area contributed by atoms with Gasteiger partial charge in [0.25, 0.3) is 5.91 Å². The summed E-state index contributed by atoms with van der Waals surface area (Å²) in [6.07, 6.45) is 0. The highest BCUT2D eigenvalue weighted by Gasteiger charge is 2.15. The monoisotopic (exact) mass is 407 g/mol. The third kappa shape index (κ3) is 4.01. The van der Waals surface area contributed by atoms with E-state index in [4.69, 9.17) is 23.2 Å². The molecule has 9 heteroatoms. The molecule has 26 heavy (non-hydrogen) atoms. The van der Waals surface area contributed by atoms with Gasteiger partial charge in [0, 0.05) is 10.9 Å². The number of hydrogen-bond donors (Lipinski definition) is 1. The molecule has 1 amide bonds. The summed E-state index contributed by atoms with van der Waals surface area (Å²) in [6.45, 7) is 0. The van der Waals surface area contributed by atoms with E-state index in [1.165, 1.54) is 30.6 Å². The molecule has 0 spiro atoms. The van der Waals surface area contributed by atoms with E-state index >= 15 is 0 Å². The van der Waals surface area contributed by atoms with Crippen LogP contribution in [0.4, 0.5) is 5.13 Å². The Kier molecular flexibility index (Phi) is 5.51. The molecular formula is C17H11Cl2N3O3S. The van der Waals surface area contributed by atoms with Crippen LogP contribution >= 0.6 is 34.5 Å². The fourth-order valence-electron chi connectivity index (χ4n) is 2.09. The molecule has 0 fully saturated rings. The topological polar surface area (TPSA) is 81.2 Å². The number of thiazole rings is 1. The van der Waals surface area contributed by atoms with Crippen LogP contribution in [0.2, 0.25) is 10.2 Å². The minimum atomic E-state index is -0.501. The van der Waals surface area contributed by atoms with Crippen molar-refractivity contribution in [2.45, 2.75) is 0 Å². The molecule has 6 nitrogen and oxygen atoms in total. The summed E-state index contributed by atoms with van der Waals surface area (Å²) in [5, 5.41) is 5.19. The Labute approximate surface area is 162 Å². The van der Waals surface area contributed by atoms with Crippen molar-refractivity contribution >= 4 is 51.5 Å². The molecule has 1 aromatic carbocycles. The maximum Gasteiger partial charge on any atom is 0.337 e. The first-order valence-corrected chi connectivity index (χ1v) is 8.89. The molecule has 0 aliphatic rings. The van der Waals surface area contributed by atoms with E-state index in [9.17, 15) is 9.59 Å². The number of halogens is 2. The van der Waals surface area contributed by atoms with Crippen molar-refractivity contribution in [3.8, 4) is 11.3 Å². The summed E-state index contributed by atoms with van der Waals surface area (Å²) in [4.78, 5) is 32.0. The Balaban J connectivity index is 1.76. The molecule has 0 saturated heterocycles. The number of methoxy groups -OCH3 is 1. The van der Waals surface area contributed by atoms with Crippen LogP contribution in [0.5, 0.6) is 0 Å². The second kappa shape index (κ2) is 7.82. The molecule has 0 aliphatic heterocycles. The molecule has 0 aliphatic carbocycles. The van der Waals surface area contributed by atoms with Gasteiger partial charge >= 0.3 is 5.97 Å². The number of nitrogens with one attached hydrogen (secondary N) is 1. The molecule has 2 aromatic heterocycles. The number of amides is 1. The first-order valence-electron chi connectivity index (χ1n) is 7.25. The smallest absolute Gasteiger partial charge is 0.337 e. The van der Waals surface area contributed by atoms with Gasteiger partial charge in [-0.25, -0.2) is 14.8 Å². The number of esters is 1. The second-order valence-corrected chi connectivity index (χ2v) is 6.68. The third-order valence-corrected chi connectivity index (χ3v) is 4.63. The van der Waals surface area contributed by atoms with E-state index < -0.39 is 11.9 Å². The van der Waals surface area contributed by atoms with Crippen LogP contribution in [0, 0.1) is 0 Å². The Morgan fingerprint density at radius 3 is 2.50 bits per heavy atom. The normalized spacial score (nSPS) is 10.4. The van der Waals surface area contributed by atoms with E-state index in [0.717, 1.165) is 5.56 Å². The molecule has 2 heterocycles. The number of aromatic nitrogens is 2. The van der Waals surface area contributed by atoms with Crippen LogP contribution in [-0.4, -0.2) is 29.0 Å². The van der Waals surface area contributed by atoms with E-state index in [1.807, 2.05) is 0 Å². The molecule has 1 N–H and O–H groups in total. The lowest BCUT2D eigenvalue weighted by Gasteiger charge is -2.03. The molecule has 0 radical (unpaired) electrons. The summed E-state index contributed by atoms with van der Waals surface area (Å²) in [6, 6.07) is 9.80. The second-order valence-electron chi connectivity index (χ2n) is 5.03. The lowest BCUT2D eigenvalue weighted by molar-refractivity contribution is 0.0600. The largest absolute Gasteiger partial charge is 0.465 e. The molecule has 132 valence electrons. The zero-order valence-corrected chi connectivity index (χ0v) is 15.7. The van der Waals surface area contributed by atoms with Gasteiger partial charge < -0.3 is 4.74 Å². The molecule has 0 bridgehead atoms. The fraction of sp³-hybridized carbons (Fsp3) is 0.0588. The molecule has 3 rings (SSSR count). The highest BCUT2D eigenvalue weighted by Crippen LogP contribution is 2.26. The molecular weight excluding hydrogens is 397 g/mol. The van der Waals surface area contributed by atoms with Crippen molar-refractivity contribution in [2.24, 2.45) is 0 Å². The average Bonchev–Trinajstić information content (AvgIpc) is 3.11. The summed E-state index contributed by atoms with van der Waals surface area (Å²) >= 11 is 13.0. The van der Waals surface area contributed by atoms with Gasteiger partial charge in [0.2, 0.25) is 0 Å². The average molecular weight is 408 g/mol. The predicted octanol–water partition coefficient (Wildman–Crippen LogP) is 4.55. The van der Waals surface area contributed by atoms with Crippen molar-refractivity contribution in [1.82, 2.24) is 9.97 Å². The maximum absolute atomic E-state index is 12.3. The number of benzene rings is 1. The summed E-state index contributed by atoms with van der Waals surface area (Å²) in [5.74, 6) is -0.909. The van der Waals surface area contributed by atoms with Crippen LogP contribution in [0.25, 0.3) is 11.3 Å². The van der Waals surface area contributed by atoms with Gasteiger partial charge in [0.05, 0.1) is 23.4 Å². The Morgan fingerprint density at radius 2 is 1.81 bits per heavy atom. The van der Waals surface area contributed by atoms with Crippen LogP contribution in [0.3, 0.4) is 0 Å². The highest BCUT2D eigenvalue weighted by molar-refractivity contribution is 7.14. The van der Waals surface area contributed by atoms with Crippen molar-refractivity contribution < 1.29 is 14.3 Å². The van der Waals surface area contributed by atoms with Crippen LogP contribution in [0.15, 0.2) is 41.8 Å². The van der Waals surface area contributed by atoms with E-state index in [0.29, 0.717) is 16.4 Å². The van der Waals surface area contributed by atoms with E-state index in [-0.39, 0.29) is 15.9 Å². The number of pyridine rings is 1. The SMILES string of the molecule is COC(=O)c1ccc(-c2csc(NC(=O)c3nc(Cl)ccc3Cl)n2)cc1. The van der Waals surface area contributed by atoms with Gasteiger partial charge in [-0.2, -0.15) is 0 Å². The number of ether oxygens (including phenoxy) is 1. The maximum atomic E-state index is 12.3. The Bertz CT molecular complexity index is 974. The minimum Gasteiger partial charge on any atom is -0.465 e. The Morgan fingerprint density at radius 1 is 1.08 bits per heavy atom. The zero-order chi connectivity index (χ0) is 18.7. The van der Waals surface area contributed by atoms with Crippen molar-refractivity contribution in [3.63, 3.8) is 0 Å². The van der Waals surface area contributed by atoms with Crippen LogP contribution < -0.4 is 5.32 Å². The van der Waals surface area contributed by atoms with Crippen molar-refractivity contribution in [3.05, 3.63) is 63.2 Å². The van der Waals surface area contributed by atoms with Gasteiger partial charge in [0.15, 0.2) is 5.13 Å². The van der Waals surface area contributed by atoms with E-state index in [2.05, 4.69) is 20.0 Å². The first kappa shape index (κ1) is 18.3. The van der Waals surface area contributed by atoms with Gasteiger partial charge in [-0.3, -0.25) is 10.1 Å². The molecule has 3 aromatic rings. The molecule has 0 unspecified atom stereocenters. The lowest BCUT2D eigenvalue weighted by atomic mass is 10.1. The minimum absolute atomic E-state index is 0.0262. The number of rotatable bonds is 4. The van der Waals surface area contributed by atoms with Crippen LogP contribution in [0.1, 0.15) is 20.8 Å². The van der Waals surface area contributed by atoms with Gasteiger partial charge in [-0.05, 0) is 24.3 Å². The number of nitrogens with zero attached hydrogens (tertiary/aromatic N) is 2. The number of hydrogen-bond acceptors (Lipinski definition) is 6. The highest BCUT2D eigenvalue weighted by atomic mass is 35.5. The fourth-order valence-corrected chi connectivity index (χ4v) is 3.15. The summed E-state index contributed by atoms with van der Waals surface area (Å²) in [5.41, 5.74) is 1.93. The van der Waals surface area contributed by atoms with E-state index in [1.54, 1.807) is 29.6 Å². The first-order chi connectivity index (χ1) is 12.5. The summed E-state index contributed by atoms with van der Waals surface area (Å²) < 4.78 is 4.66. The standard InChI is InChI=1S/C17H11Cl2N3O3S/c1-25-16(24)10-4-2-9(3-5-10)12-8-26-17(20-12)22-15(23)14-11(18)6-7-13(19)21-14/h2-8H,1H3,(H,20,22,23). The molecule has 0 saturated carbocycles. The zero-order valence-electron chi connectivity index (χ0n) is 13.3. The number of carbonyl (C=O) groups is 2. The number of carbonyl (C=O) groups excluding carboxylic acids is 2. The van der Waals surface area contributed by atoms with Crippen molar-refractivity contribution in [2.75, 3.05) is 12.4 Å². The Hall–Kier alpha value is -2.48. The quantitative estimate of drug-likeness (QED) is 0.506. The van der Waals surface area contributed by atoms with Crippen LogP contribution in [-0.2, 0) is 4.74 Å². The van der Waals surface area contributed by atoms with Gasteiger partial charge in [-0.15, -0.1) is 11.3 Å². The molecule has 0 atom stereocenters. The van der Waals surface area contributed by atoms with Gasteiger partial charge in [0.1, 0.15) is 10.8 Å². The van der Waals surface area contributed by atoms with Gasteiger partial charge in [-0.1, -0.05) is 35.3 Å². The predicted molar refractivity (Wildman–Crippen MR) is 101 cm³/mol. The third-order valence-electron chi connectivity index (χ3n) is 3.35. The number of anilines is 1. The van der Waals surface area contributed by atoms with Crippen molar-refractivity contribution in [1.29, 1.82) is 0 Å². The summed E-state index contributed by atoms with van der Waals surface area (Å²) in [7, 11) is 1.33. The lowest BCUT2D eigenvalue weighted by Crippen LogP contribution is -2.14.